The van der Waals surface area contributed by atoms with Crippen molar-refractivity contribution in [2.75, 3.05) is 19.0 Å². The molecule has 0 saturated carbocycles. The maximum Gasteiger partial charge on any atom is 0.354 e. The summed E-state index contributed by atoms with van der Waals surface area (Å²) in [5.74, 6) is -1.26. The van der Waals surface area contributed by atoms with Gasteiger partial charge in [-0.2, -0.15) is 4.31 Å². The minimum absolute atomic E-state index is 0.0799. The third kappa shape index (κ3) is 4.14. The molecule has 0 unspecified atom stereocenters. The van der Waals surface area contributed by atoms with E-state index in [-0.39, 0.29) is 22.9 Å². The number of Topliss-reactive ketones (excluding diaryl/α,β-unsaturated/α-hetero) is 1. The number of methoxy groups -OCH3 is 1. The van der Waals surface area contributed by atoms with E-state index in [2.05, 4.69) is 10.1 Å². The molecule has 1 atom stereocenters. The summed E-state index contributed by atoms with van der Waals surface area (Å²) in [6.07, 6.45) is 2.22. The molecular weight excluding hydrogens is 410 g/mol. The number of benzene rings is 1. The van der Waals surface area contributed by atoms with Gasteiger partial charge in [-0.25, -0.2) is 13.2 Å². The van der Waals surface area contributed by atoms with Gasteiger partial charge in [0.05, 0.1) is 7.11 Å². The number of aryl methyl sites for hydroxylation is 1. The van der Waals surface area contributed by atoms with Crippen molar-refractivity contribution in [3.8, 4) is 0 Å². The van der Waals surface area contributed by atoms with E-state index in [9.17, 15) is 22.8 Å². The predicted octanol–water partition coefficient (Wildman–Crippen LogP) is 1.81. The Morgan fingerprint density at radius 3 is 2.60 bits per heavy atom. The normalized spacial score (nSPS) is 17.0. The zero-order chi connectivity index (χ0) is 22.1. The topological polar surface area (TPSA) is 115 Å². The Morgan fingerprint density at radius 2 is 1.93 bits per heavy atom. The largest absolute Gasteiger partial charge is 0.464 e. The third-order valence-corrected chi connectivity index (χ3v) is 6.90. The zero-order valence-corrected chi connectivity index (χ0v) is 17.7. The first-order chi connectivity index (χ1) is 14.1. The number of amides is 1. The van der Waals surface area contributed by atoms with Gasteiger partial charge in [0.1, 0.15) is 16.6 Å². The Morgan fingerprint density at radius 1 is 1.20 bits per heavy atom. The highest BCUT2D eigenvalue weighted by molar-refractivity contribution is 7.89. The molecule has 3 rings (SSSR count). The maximum absolute atomic E-state index is 13.2. The molecule has 1 N–H and O–H groups in total. The van der Waals surface area contributed by atoms with Crippen LogP contribution in [0.4, 0.5) is 5.69 Å². The van der Waals surface area contributed by atoms with Gasteiger partial charge in [-0.15, -0.1) is 0 Å². The molecule has 30 heavy (non-hydrogen) atoms. The fourth-order valence-corrected chi connectivity index (χ4v) is 5.18. The van der Waals surface area contributed by atoms with Crippen LogP contribution < -0.4 is 5.32 Å². The van der Waals surface area contributed by atoms with Crippen molar-refractivity contribution in [2.24, 2.45) is 7.05 Å². The second-order valence-corrected chi connectivity index (χ2v) is 8.95. The summed E-state index contributed by atoms with van der Waals surface area (Å²) in [5, 5.41) is 2.70. The number of hydrogen-bond acceptors (Lipinski definition) is 6. The average Bonchev–Trinajstić information content (AvgIpc) is 3.35. The van der Waals surface area contributed by atoms with Gasteiger partial charge in [0.2, 0.25) is 15.9 Å². The Hall–Kier alpha value is -2.98. The number of nitrogens with one attached hydrogen (secondary N) is 1. The highest BCUT2D eigenvalue weighted by Gasteiger charge is 2.40. The highest BCUT2D eigenvalue weighted by Crippen LogP contribution is 2.28. The lowest BCUT2D eigenvalue weighted by Gasteiger charge is -2.23. The summed E-state index contributed by atoms with van der Waals surface area (Å²) in [7, 11) is -1.24. The highest BCUT2D eigenvalue weighted by atomic mass is 32.2. The molecule has 0 radical (unpaired) electrons. The van der Waals surface area contributed by atoms with Gasteiger partial charge in [0.25, 0.3) is 0 Å². The number of sulfonamides is 1. The van der Waals surface area contributed by atoms with Crippen LogP contribution in [0.15, 0.2) is 41.4 Å². The van der Waals surface area contributed by atoms with Crippen molar-refractivity contribution < 1.29 is 27.5 Å². The predicted molar refractivity (Wildman–Crippen MR) is 109 cm³/mol. The van der Waals surface area contributed by atoms with Crippen molar-refractivity contribution in [3.63, 3.8) is 0 Å². The third-order valence-electron chi connectivity index (χ3n) is 5.02. The number of aromatic nitrogens is 1. The molecule has 1 saturated heterocycles. The number of hydrogen-bond donors (Lipinski definition) is 1. The van der Waals surface area contributed by atoms with Crippen molar-refractivity contribution >= 4 is 33.4 Å². The first-order valence-electron chi connectivity index (χ1n) is 9.33. The molecule has 2 aromatic rings. The van der Waals surface area contributed by atoms with Gasteiger partial charge >= 0.3 is 5.97 Å². The lowest BCUT2D eigenvalue weighted by molar-refractivity contribution is -0.119. The second-order valence-electron chi connectivity index (χ2n) is 7.06. The molecule has 1 fully saturated rings. The van der Waals surface area contributed by atoms with Crippen molar-refractivity contribution in [3.05, 3.63) is 47.8 Å². The summed E-state index contributed by atoms with van der Waals surface area (Å²) in [6.45, 7) is 1.62. The van der Waals surface area contributed by atoms with Crippen LogP contribution >= 0.6 is 0 Å². The Bertz CT molecular complexity index is 1110. The van der Waals surface area contributed by atoms with E-state index in [1.807, 2.05) is 0 Å². The average molecular weight is 433 g/mol. The molecule has 2 heterocycles. The first-order valence-corrected chi connectivity index (χ1v) is 10.8. The van der Waals surface area contributed by atoms with E-state index in [1.165, 1.54) is 30.9 Å². The van der Waals surface area contributed by atoms with Crippen molar-refractivity contribution in [1.29, 1.82) is 0 Å². The minimum Gasteiger partial charge on any atom is -0.464 e. The first kappa shape index (κ1) is 21.7. The second kappa shape index (κ2) is 8.41. The summed E-state index contributed by atoms with van der Waals surface area (Å²) in [5.41, 5.74) is 0.963. The van der Waals surface area contributed by atoms with Gasteiger partial charge in [0, 0.05) is 31.0 Å². The summed E-state index contributed by atoms with van der Waals surface area (Å²) < 4.78 is 33.5. The monoisotopic (exact) mass is 433 g/mol. The number of ketones is 1. The van der Waals surface area contributed by atoms with Crippen LogP contribution in [0.3, 0.4) is 0 Å². The number of nitrogens with zero attached hydrogens (tertiary/aromatic N) is 2. The van der Waals surface area contributed by atoms with E-state index in [0.717, 1.165) is 4.31 Å². The molecule has 9 nitrogen and oxygen atoms in total. The standard InChI is InChI=1S/C20H23N3O6S/c1-13(24)14-6-4-7-15(10-14)21-19(25)17-8-5-9-23(17)30(27,28)16-11-18(20(26)29-3)22(2)12-16/h4,6-7,10-12,17H,5,8-9H2,1-3H3,(H,21,25)/t17-/m0/s1. The van der Waals surface area contributed by atoms with E-state index >= 15 is 0 Å². The van der Waals surface area contributed by atoms with Crippen LogP contribution in [0, 0.1) is 0 Å². The van der Waals surface area contributed by atoms with E-state index in [4.69, 9.17) is 0 Å². The lowest BCUT2D eigenvalue weighted by Crippen LogP contribution is -2.43. The zero-order valence-electron chi connectivity index (χ0n) is 16.9. The smallest absolute Gasteiger partial charge is 0.354 e. The fourth-order valence-electron chi connectivity index (χ4n) is 3.45. The molecule has 160 valence electrons. The van der Waals surface area contributed by atoms with Gasteiger partial charge in [-0.1, -0.05) is 12.1 Å². The number of carbonyl (C=O) groups is 3. The van der Waals surface area contributed by atoms with E-state index in [1.54, 1.807) is 31.3 Å². The lowest BCUT2D eigenvalue weighted by atomic mass is 10.1. The van der Waals surface area contributed by atoms with Gasteiger partial charge in [-0.3, -0.25) is 9.59 Å². The molecule has 0 spiro atoms. The summed E-state index contributed by atoms with van der Waals surface area (Å²) in [6, 6.07) is 6.82. The molecule has 1 aromatic heterocycles. The molecule has 1 aromatic carbocycles. The quantitative estimate of drug-likeness (QED) is 0.549. The van der Waals surface area contributed by atoms with Gasteiger partial charge < -0.3 is 14.6 Å². The van der Waals surface area contributed by atoms with Gasteiger partial charge in [0.15, 0.2) is 5.78 Å². The Kier molecular flexibility index (Phi) is 6.09. The molecule has 0 aliphatic carbocycles. The van der Waals surface area contributed by atoms with Crippen LogP contribution in [-0.4, -0.2) is 54.6 Å². The molecule has 1 amide bonds. The molecule has 0 bridgehead atoms. The van der Waals surface area contributed by atoms with E-state index < -0.39 is 27.9 Å². The number of carbonyl (C=O) groups excluding carboxylic acids is 3. The number of ether oxygens (including phenoxy) is 1. The number of rotatable bonds is 6. The molecule has 10 heteroatoms. The summed E-state index contributed by atoms with van der Waals surface area (Å²) in [4.78, 5) is 36.1. The Labute approximate surface area is 174 Å². The maximum atomic E-state index is 13.2. The molecule has 1 aliphatic heterocycles. The minimum atomic E-state index is -4.00. The van der Waals surface area contributed by atoms with Crippen LogP contribution in [-0.2, 0) is 26.6 Å². The van der Waals surface area contributed by atoms with Crippen LogP contribution in [0.25, 0.3) is 0 Å². The fraction of sp³-hybridized carbons (Fsp3) is 0.350. The van der Waals surface area contributed by atoms with Crippen LogP contribution in [0.5, 0.6) is 0 Å². The number of esters is 1. The molecular formula is C20H23N3O6S. The van der Waals surface area contributed by atoms with Crippen molar-refractivity contribution in [1.82, 2.24) is 8.87 Å². The van der Waals surface area contributed by atoms with Crippen molar-refractivity contribution in [2.45, 2.75) is 30.7 Å². The van der Waals surface area contributed by atoms with Crippen LogP contribution in [0.2, 0.25) is 0 Å². The SMILES string of the molecule is COC(=O)c1cc(S(=O)(=O)N2CCC[C@H]2C(=O)Nc2cccc(C(C)=O)c2)cn1C. The van der Waals surface area contributed by atoms with Gasteiger partial charge in [-0.05, 0) is 38.0 Å². The van der Waals surface area contributed by atoms with Crippen LogP contribution in [0.1, 0.15) is 40.6 Å². The summed E-state index contributed by atoms with van der Waals surface area (Å²) >= 11 is 0. The molecule has 1 aliphatic rings. The van der Waals surface area contributed by atoms with E-state index in [0.29, 0.717) is 24.1 Å². The Balaban J connectivity index is 1.84. The number of anilines is 1.